The predicted molar refractivity (Wildman–Crippen MR) is 364 cm³/mol. The van der Waals surface area contributed by atoms with Gasteiger partial charge in [-0.25, -0.2) is 19.0 Å². The summed E-state index contributed by atoms with van der Waals surface area (Å²) in [6, 6.07) is 7.29. The summed E-state index contributed by atoms with van der Waals surface area (Å²) in [7, 11) is 0. The van der Waals surface area contributed by atoms with Crippen molar-refractivity contribution >= 4 is 63.9 Å². The smallest absolute Gasteiger partial charge is 0.407 e. The first-order valence-electron chi connectivity index (χ1n) is 34.3. The molecule has 4 aromatic rings. The molecule has 9 N–H and O–H groups in total. The van der Waals surface area contributed by atoms with E-state index in [9.17, 15) is 48.3 Å². The van der Waals surface area contributed by atoms with Crippen molar-refractivity contribution < 1.29 is 85.7 Å². The first-order valence-corrected chi connectivity index (χ1v) is 34.3. The van der Waals surface area contributed by atoms with Gasteiger partial charge in [0.2, 0.25) is 23.6 Å². The number of alkyl carbamates (subject to hydrolysis) is 1. The lowest BCUT2D eigenvalue weighted by molar-refractivity contribution is -0.131. The van der Waals surface area contributed by atoms with Crippen LogP contribution in [0.3, 0.4) is 0 Å². The fourth-order valence-electron chi connectivity index (χ4n) is 12.4. The average molecular weight is 1390 g/mol. The summed E-state index contributed by atoms with van der Waals surface area (Å²) in [4.78, 5) is 122. The molecule has 542 valence electrons. The van der Waals surface area contributed by atoms with Crippen LogP contribution in [0.4, 0.5) is 19.7 Å². The molecule has 2 aliphatic heterocycles. The molecule has 2 aromatic heterocycles. The number of hydrogen-bond donors (Lipinski definition) is 8. The number of ketones is 2. The van der Waals surface area contributed by atoms with Gasteiger partial charge in [-0.15, -0.1) is 5.92 Å². The topological polar surface area (TPSA) is 364 Å². The molecule has 0 saturated carbocycles. The molecule has 7 amide bonds. The number of urea groups is 1. The molecule has 8 rings (SSSR count). The summed E-state index contributed by atoms with van der Waals surface area (Å²) in [6.45, 7) is 12.6. The van der Waals surface area contributed by atoms with Crippen molar-refractivity contribution in [3.8, 4) is 23.2 Å². The number of rotatable bonds is 40. The van der Waals surface area contributed by atoms with Gasteiger partial charge in [0.05, 0.1) is 107 Å². The quantitative estimate of drug-likeness (QED) is 0.0176. The summed E-state index contributed by atoms with van der Waals surface area (Å²) in [5, 5.41) is 28.7. The number of pyridine rings is 2. The molecule has 0 radical (unpaired) electrons. The highest BCUT2D eigenvalue weighted by molar-refractivity contribution is 5.98. The van der Waals surface area contributed by atoms with Crippen molar-refractivity contribution in [2.24, 2.45) is 17.6 Å². The number of primary amides is 1. The summed E-state index contributed by atoms with van der Waals surface area (Å²) in [6.07, 6.45) is 5.10. The Bertz CT molecular complexity index is 3720. The third kappa shape index (κ3) is 21.7. The molecular formula is C72H94FN9O18. The molecule has 2 aromatic carbocycles. The lowest BCUT2D eigenvalue weighted by atomic mass is 9.81. The van der Waals surface area contributed by atoms with E-state index in [1.165, 1.54) is 6.07 Å². The van der Waals surface area contributed by atoms with Gasteiger partial charge < -0.3 is 85.2 Å². The van der Waals surface area contributed by atoms with E-state index >= 15 is 4.39 Å². The Hall–Kier alpha value is -8.69. The van der Waals surface area contributed by atoms with Crippen LogP contribution in [0.2, 0.25) is 0 Å². The van der Waals surface area contributed by atoms with E-state index in [0.717, 1.165) is 43.2 Å². The van der Waals surface area contributed by atoms with Crippen LogP contribution < -0.4 is 43.2 Å². The van der Waals surface area contributed by atoms with Gasteiger partial charge in [-0.05, 0) is 105 Å². The zero-order chi connectivity index (χ0) is 71.7. The summed E-state index contributed by atoms with van der Waals surface area (Å²) in [5.74, 6) is 2.38. The monoisotopic (exact) mass is 1390 g/mol. The summed E-state index contributed by atoms with van der Waals surface area (Å²) >= 11 is 0. The molecule has 0 bridgehead atoms. The lowest BCUT2D eigenvalue weighted by Crippen LogP contribution is -2.45. The van der Waals surface area contributed by atoms with E-state index in [1.54, 1.807) is 62.6 Å². The van der Waals surface area contributed by atoms with Crippen molar-refractivity contribution in [1.82, 2.24) is 36.1 Å². The minimum absolute atomic E-state index is 0.0249. The standard InChI is InChI=1S/C72H94FN9O18/c1-6-72(92)46(5)98-41-54-55(72)36-59-67-53(39-82(59)69(54)89)65-57(21-20-52-45(4)56(73)37-58(80-67)64(52)65)79-63(87)42-97-26-22-50(83)38-77-71(91)100-40-47-16-18-49(19-17-47)78-68(88)48(13-12-24-76-70(74)90)35-60(84)66(44(2)3)81-61(85)23-27-93-29-31-95-33-34-96-32-30-94-28-25-75-62(86)43-99-51-14-10-8-7-9-11-15-51/h16-19,36-37,44,48,51,57,66,92H,5-10,12-14,20-35,38-43H2,1-4H3,(H,75,86)(H,77,91)(H,78,88)(H,79,87)(H,81,85)(H3,74,76,90)/t48-,51?,57+,66+,72-/m1/s1. The molecule has 27 nitrogen and oxygen atoms in total. The van der Waals surface area contributed by atoms with Gasteiger partial charge in [0, 0.05) is 73.0 Å². The second-order valence-corrected chi connectivity index (χ2v) is 25.4. The van der Waals surface area contributed by atoms with Gasteiger partial charge in [0.15, 0.2) is 11.6 Å². The molecule has 0 fully saturated rings. The zero-order valence-corrected chi connectivity index (χ0v) is 57.5. The van der Waals surface area contributed by atoms with Crippen LogP contribution in [0.15, 0.2) is 53.5 Å². The Kier molecular flexibility index (Phi) is 29.4. The van der Waals surface area contributed by atoms with Crippen molar-refractivity contribution in [2.45, 2.75) is 155 Å². The number of carbonyl (C=O) groups is 8. The first-order chi connectivity index (χ1) is 48.1. The molecule has 2 aliphatic carbocycles. The molecule has 4 aliphatic rings. The number of aliphatic hydroxyl groups is 1. The average Bonchev–Trinajstić information content (AvgIpc) is 1.48. The summed E-state index contributed by atoms with van der Waals surface area (Å²) < 4.78 is 61.4. The number of benzene rings is 2. The molecule has 100 heavy (non-hydrogen) atoms. The Morgan fingerprint density at radius 1 is 0.840 bits per heavy atom. The normalized spacial score (nSPS) is 17.2. The molecule has 5 atom stereocenters. The highest BCUT2D eigenvalue weighted by Crippen LogP contribution is 2.47. The van der Waals surface area contributed by atoms with Crippen molar-refractivity contribution in [3.05, 3.63) is 104 Å². The van der Waals surface area contributed by atoms with E-state index in [-0.39, 0.29) is 133 Å². The summed E-state index contributed by atoms with van der Waals surface area (Å²) in [5.41, 5.74) is 8.81. The second kappa shape index (κ2) is 38.2. The van der Waals surface area contributed by atoms with Gasteiger partial charge >= 0.3 is 12.1 Å². The molecule has 0 spiro atoms. The van der Waals surface area contributed by atoms with Gasteiger partial charge in [-0.2, -0.15) is 0 Å². The fourth-order valence-corrected chi connectivity index (χ4v) is 12.4. The lowest BCUT2D eigenvalue weighted by Gasteiger charge is -2.35. The zero-order valence-electron chi connectivity index (χ0n) is 57.5. The number of nitrogens with zero attached hydrogens (tertiary/aromatic N) is 2. The third-order valence-corrected chi connectivity index (χ3v) is 17.9. The number of ether oxygens (including phenoxy) is 8. The number of aromatic nitrogens is 2. The number of halogens is 1. The van der Waals surface area contributed by atoms with Crippen LogP contribution in [-0.4, -0.2) is 166 Å². The fraction of sp³-hybridized carbons (Fsp3) is 0.556. The number of anilines is 1. The second-order valence-electron chi connectivity index (χ2n) is 25.4. The number of hydrogen-bond acceptors (Lipinski definition) is 19. The maximum absolute atomic E-state index is 15.4. The van der Waals surface area contributed by atoms with E-state index in [1.807, 2.05) is 0 Å². The largest absolute Gasteiger partial charge is 0.490 e. The van der Waals surface area contributed by atoms with Crippen LogP contribution in [0.25, 0.3) is 22.3 Å². The number of Topliss-reactive ketones (excluding diaryl/α,β-unsaturated/α-hetero) is 2. The SMILES string of the molecule is C=C1OCc2c(cc3n(c2=O)Cc2c-3nc3cc(F)c(C)c4c3c2[C@@H](NC(=O)COCCC(=O)CNC(=O)OCc2ccc(NC(=O)[C@H](CCCNC(N)=O)CC(=O)[C@@H](NC(=O)CCOCCOCCOCCOCCNC(=O)COC3C#CCCCCC3)C(C)C)cc2)CC4)[C@@]1(O)CC. The van der Waals surface area contributed by atoms with Gasteiger partial charge in [-0.1, -0.05) is 51.8 Å². The maximum Gasteiger partial charge on any atom is 0.407 e. The van der Waals surface area contributed by atoms with E-state index < -0.39 is 71.7 Å². The molecular weight excluding hydrogens is 1300 g/mol. The van der Waals surface area contributed by atoms with Crippen LogP contribution in [0, 0.1) is 36.4 Å². The molecule has 0 saturated heterocycles. The Balaban J connectivity index is 0.696. The van der Waals surface area contributed by atoms with Crippen molar-refractivity contribution in [1.29, 1.82) is 0 Å². The molecule has 28 heteroatoms. The minimum Gasteiger partial charge on any atom is -0.490 e. The maximum atomic E-state index is 15.4. The Morgan fingerprint density at radius 2 is 1.56 bits per heavy atom. The van der Waals surface area contributed by atoms with Gasteiger partial charge in [-0.3, -0.25) is 33.6 Å². The number of amides is 7. The van der Waals surface area contributed by atoms with Crippen LogP contribution in [-0.2, 0) is 98.4 Å². The van der Waals surface area contributed by atoms with Crippen LogP contribution in [0.1, 0.15) is 143 Å². The van der Waals surface area contributed by atoms with Gasteiger partial charge in [0.1, 0.15) is 49.7 Å². The number of nitrogens with two attached hydrogens (primary N) is 1. The third-order valence-electron chi connectivity index (χ3n) is 17.9. The number of fused-ring (bicyclic) bond motifs is 5. The molecule has 1 unspecified atom stereocenters. The van der Waals surface area contributed by atoms with Crippen LogP contribution in [0.5, 0.6) is 0 Å². The van der Waals surface area contributed by atoms with Crippen molar-refractivity contribution in [2.75, 3.05) is 97.6 Å². The highest BCUT2D eigenvalue weighted by atomic mass is 19.1. The van der Waals surface area contributed by atoms with E-state index in [4.69, 9.17) is 48.6 Å². The van der Waals surface area contributed by atoms with E-state index in [2.05, 4.69) is 50.3 Å². The first kappa shape index (κ1) is 77.1. The highest BCUT2D eigenvalue weighted by Gasteiger charge is 2.43. The Morgan fingerprint density at radius 3 is 2.28 bits per heavy atom. The van der Waals surface area contributed by atoms with Crippen molar-refractivity contribution in [3.63, 3.8) is 0 Å². The number of carbonyl (C=O) groups excluding carboxylic acids is 8. The minimum atomic E-state index is -1.61. The van der Waals surface area contributed by atoms with Gasteiger partial charge in [0.25, 0.3) is 5.56 Å². The predicted octanol–water partition coefficient (Wildman–Crippen LogP) is 5.55. The van der Waals surface area contributed by atoms with E-state index in [0.29, 0.717) is 115 Å². The number of aryl methyl sites for hydroxylation is 1. The molecule has 4 heterocycles. The van der Waals surface area contributed by atoms with Crippen LogP contribution >= 0.6 is 0 Å². The Labute approximate surface area is 580 Å². The number of nitrogens with one attached hydrogen (secondary N) is 6.